The number of halogens is 3. The number of pyridine rings is 1. The van der Waals surface area contributed by atoms with Crippen molar-refractivity contribution in [1.82, 2.24) is 15.0 Å². The molecule has 0 radical (unpaired) electrons. The lowest BCUT2D eigenvalue weighted by Crippen LogP contribution is -2.40. The van der Waals surface area contributed by atoms with Crippen molar-refractivity contribution in [3.8, 4) is 17.3 Å². The molecule has 12 heteroatoms. The summed E-state index contributed by atoms with van der Waals surface area (Å²) in [4.78, 5) is 14.1. The summed E-state index contributed by atoms with van der Waals surface area (Å²) in [6.07, 6.45) is -4.79. The third kappa shape index (κ3) is 5.35. The summed E-state index contributed by atoms with van der Waals surface area (Å²) in [6.45, 7) is -0.246. The first kappa shape index (κ1) is 23.7. The summed E-state index contributed by atoms with van der Waals surface area (Å²) in [6, 6.07) is 9.81. The quantitative estimate of drug-likeness (QED) is 0.361. The number of nitrogens with one attached hydrogen (secondary N) is 1. The maximum absolute atomic E-state index is 13.1. The second-order valence-corrected chi connectivity index (χ2v) is 7.59. The SMILES string of the molecule is OCC(O)COc1nccc(NC(O)N2CCc3ccc(-c4cccc(C(F)(F)F)c4)nc32)n1. The Morgan fingerprint density at radius 1 is 1.12 bits per heavy atom. The van der Waals surface area contributed by atoms with E-state index in [9.17, 15) is 23.4 Å². The van der Waals surface area contributed by atoms with Gasteiger partial charge in [-0.3, -0.25) is 0 Å². The highest BCUT2D eigenvalue weighted by atomic mass is 19.4. The molecular weight excluding hydrogens is 455 g/mol. The van der Waals surface area contributed by atoms with Crippen molar-refractivity contribution < 1.29 is 33.2 Å². The molecule has 1 aliphatic heterocycles. The second-order valence-electron chi connectivity index (χ2n) is 7.59. The number of nitrogens with zero attached hydrogens (tertiary/aromatic N) is 4. The van der Waals surface area contributed by atoms with Gasteiger partial charge in [0, 0.05) is 18.3 Å². The number of hydrogen-bond acceptors (Lipinski definition) is 9. The Morgan fingerprint density at radius 3 is 2.71 bits per heavy atom. The summed E-state index contributed by atoms with van der Waals surface area (Å²) < 4.78 is 44.5. The minimum absolute atomic E-state index is 0.0588. The molecule has 4 N–H and O–H groups in total. The van der Waals surface area contributed by atoms with Crippen LogP contribution in [0.1, 0.15) is 11.1 Å². The molecule has 0 bridgehead atoms. The van der Waals surface area contributed by atoms with Crippen molar-refractivity contribution in [2.45, 2.75) is 25.1 Å². The van der Waals surface area contributed by atoms with Gasteiger partial charge in [0.15, 0.2) is 0 Å². The fraction of sp³-hybridized carbons (Fsp3) is 0.318. The van der Waals surface area contributed by atoms with E-state index >= 15 is 0 Å². The molecule has 9 nitrogen and oxygen atoms in total. The van der Waals surface area contributed by atoms with Crippen LogP contribution in [0.15, 0.2) is 48.7 Å². The zero-order chi connectivity index (χ0) is 24.3. The molecule has 34 heavy (non-hydrogen) atoms. The van der Waals surface area contributed by atoms with Crippen LogP contribution in [0, 0.1) is 0 Å². The average Bonchev–Trinajstić information content (AvgIpc) is 3.26. The molecule has 0 amide bonds. The molecule has 2 unspecified atom stereocenters. The molecule has 2 atom stereocenters. The monoisotopic (exact) mass is 477 g/mol. The van der Waals surface area contributed by atoms with E-state index in [1.165, 1.54) is 18.3 Å². The number of rotatable bonds is 8. The van der Waals surface area contributed by atoms with E-state index in [0.717, 1.165) is 17.7 Å². The van der Waals surface area contributed by atoms with E-state index in [4.69, 9.17) is 9.84 Å². The minimum Gasteiger partial charge on any atom is -0.461 e. The number of alkyl halides is 3. The maximum Gasteiger partial charge on any atom is 0.416 e. The Kier molecular flexibility index (Phi) is 6.82. The van der Waals surface area contributed by atoms with Gasteiger partial charge in [0.25, 0.3) is 0 Å². The van der Waals surface area contributed by atoms with Crippen LogP contribution in [-0.4, -0.2) is 62.5 Å². The van der Waals surface area contributed by atoms with Crippen molar-refractivity contribution in [3.05, 3.63) is 59.8 Å². The Morgan fingerprint density at radius 2 is 1.94 bits per heavy atom. The summed E-state index contributed by atoms with van der Waals surface area (Å²) in [5, 5.41) is 31.8. The summed E-state index contributed by atoms with van der Waals surface area (Å²) >= 11 is 0. The van der Waals surface area contributed by atoms with Crippen LogP contribution in [-0.2, 0) is 12.6 Å². The van der Waals surface area contributed by atoms with Crippen molar-refractivity contribution >= 4 is 11.6 Å². The van der Waals surface area contributed by atoms with E-state index in [2.05, 4.69) is 20.3 Å². The van der Waals surface area contributed by atoms with Crippen molar-refractivity contribution in [1.29, 1.82) is 0 Å². The molecule has 4 rings (SSSR count). The van der Waals surface area contributed by atoms with Crippen LogP contribution in [0.2, 0.25) is 0 Å². The van der Waals surface area contributed by atoms with Crippen LogP contribution in [0.25, 0.3) is 11.3 Å². The highest BCUT2D eigenvalue weighted by molar-refractivity contribution is 5.66. The molecule has 0 saturated heterocycles. The molecule has 2 aromatic heterocycles. The van der Waals surface area contributed by atoms with Gasteiger partial charge < -0.3 is 30.3 Å². The lowest BCUT2D eigenvalue weighted by molar-refractivity contribution is -0.137. The number of aliphatic hydroxyl groups excluding tert-OH is 3. The van der Waals surface area contributed by atoms with Crippen LogP contribution in [0.5, 0.6) is 6.01 Å². The standard InChI is InChI=1S/C22H22F3N5O4/c23-22(24,25)15-3-1-2-14(10-15)17-5-4-13-7-9-30(19(13)27-17)21(33)29-18-6-8-26-20(28-18)34-12-16(32)11-31/h1-6,8,10,16,21,31-33H,7,9,11-12H2,(H,26,28,29). The number of hydrogen-bond donors (Lipinski definition) is 4. The molecule has 180 valence electrons. The lowest BCUT2D eigenvalue weighted by atomic mass is 10.1. The smallest absolute Gasteiger partial charge is 0.416 e. The Bertz CT molecular complexity index is 1150. The number of fused-ring (bicyclic) bond motifs is 1. The molecule has 3 heterocycles. The van der Waals surface area contributed by atoms with Gasteiger partial charge in [-0.2, -0.15) is 18.2 Å². The number of benzene rings is 1. The van der Waals surface area contributed by atoms with E-state index < -0.39 is 30.8 Å². The number of ether oxygens (including phenoxy) is 1. The predicted octanol–water partition coefficient (Wildman–Crippen LogP) is 2.04. The summed E-state index contributed by atoms with van der Waals surface area (Å²) in [5.41, 5.74) is 0.749. The van der Waals surface area contributed by atoms with E-state index in [1.54, 1.807) is 23.1 Å². The van der Waals surface area contributed by atoms with Gasteiger partial charge >= 0.3 is 12.2 Å². The van der Waals surface area contributed by atoms with Gasteiger partial charge in [-0.15, -0.1) is 0 Å². The third-order valence-electron chi connectivity index (χ3n) is 5.16. The average molecular weight is 477 g/mol. The van der Waals surface area contributed by atoms with E-state index in [0.29, 0.717) is 30.0 Å². The van der Waals surface area contributed by atoms with E-state index in [1.807, 2.05) is 0 Å². The first-order valence-corrected chi connectivity index (χ1v) is 10.4. The molecule has 1 aromatic carbocycles. The number of anilines is 2. The van der Waals surface area contributed by atoms with Gasteiger partial charge in [0.1, 0.15) is 24.3 Å². The third-order valence-corrected chi connectivity index (χ3v) is 5.16. The molecule has 1 aliphatic rings. The maximum atomic E-state index is 13.1. The molecule has 0 fully saturated rings. The zero-order valence-electron chi connectivity index (χ0n) is 17.8. The fourth-order valence-electron chi connectivity index (χ4n) is 3.45. The van der Waals surface area contributed by atoms with Crippen molar-refractivity contribution in [2.75, 3.05) is 30.0 Å². The Labute approximate surface area is 192 Å². The number of aliphatic hydroxyl groups is 3. The van der Waals surface area contributed by atoms with E-state index in [-0.39, 0.29) is 18.4 Å². The predicted molar refractivity (Wildman–Crippen MR) is 116 cm³/mol. The van der Waals surface area contributed by atoms with Crippen LogP contribution in [0.3, 0.4) is 0 Å². The Hall–Kier alpha value is -3.48. The molecular formula is C22H22F3N5O4. The Balaban J connectivity index is 1.51. The first-order chi connectivity index (χ1) is 16.2. The van der Waals surface area contributed by atoms with Gasteiger partial charge in [-0.1, -0.05) is 18.2 Å². The van der Waals surface area contributed by atoms with Gasteiger partial charge in [0.05, 0.1) is 17.9 Å². The summed E-state index contributed by atoms with van der Waals surface area (Å²) in [7, 11) is 0. The fourth-order valence-corrected chi connectivity index (χ4v) is 3.45. The normalized spacial score (nSPS) is 15.1. The van der Waals surface area contributed by atoms with Crippen molar-refractivity contribution in [2.24, 2.45) is 0 Å². The zero-order valence-corrected chi connectivity index (χ0v) is 17.8. The van der Waals surface area contributed by atoms with Gasteiger partial charge in [-0.05, 0) is 36.2 Å². The summed E-state index contributed by atoms with van der Waals surface area (Å²) in [5.74, 6) is 0.685. The van der Waals surface area contributed by atoms with Crippen LogP contribution < -0.4 is 15.0 Å². The highest BCUT2D eigenvalue weighted by Gasteiger charge is 2.31. The second kappa shape index (κ2) is 9.79. The molecule has 0 aliphatic carbocycles. The molecule has 0 saturated carbocycles. The number of aromatic nitrogens is 3. The largest absolute Gasteiger partial charge is 0.461 e. The highest BCUT2D eigenvalue weighted by Crippen LogP contribution is 2.34. The minimum atomic E-state index is -4.46. The lowest BCUT2D eigenvalue weighted by Gasteiger charge is -2.26. The molecule has 0 spiro atoms. The first-order valence-electron chi connectivity index (χ1n) is 10.4. The van der Waals surface area contributed by atoms with Crippen molar-refractivity contribution in [3.63, 3.8) is 0 Å². The topological polar surface area (TPSA) is 124 Å². The van der Waals surface area contributed by atoms with Gasteiger partial charge in [-0.25, -0.2) is 9.97 Å². The van der Waals surface area contributed by atoms with Crippen LogP contribution in [0.4, 0.5) is 24.8 Å². The van der Waals surface area contributed by atoms with Gasteiger partial charge in [0.2, 0.25) is 6.35 Å². The van der Waals surface area contributed by atoms with Crippen LogP contribution >= 0.6 is 0 Å². The molecule has 3 aromatic rings.